The van der Waals surface area contributed by atoms with Crippen LogP contribution in [0.4, 0.5) is 0 Å². The molecule has 2 nitrogen and oxygen atoms in total. The van der Waals surface area contributed by atoms with Crippen LogP contribution in [0.1, 0.15) is 20.3 Å². The Morgan fingerprint density at radius 3 is 2.30 bits per heavy atom. The van der Waals surface area contributed by atoms with Crippen LogP contribution in [0.2, 0.25) is 0 Å². The molecule has 1 aliphatic heterocycles. The van der Waals surface area contributed by atoms with Gasteiger partial charge in [0.05, 0.1) is 6.10 Å². The molecule has 1 unspecified atom stereocenters. The first-order chi connectivity index (χ1) is 4.83. The molecule has 10 heavy (non-hydrogen) atoms. The topological polar surface area (TPSA) is 12.5 Å². The van der Waals surface area contributed by atoms with Crippen LogP contribution in [0.3, 0.4) is 0 Å². The molecule has 0 aromatic heterocycles. The number of ether oxygens (including phenoxy) is 1. The van der Waals surface area contributed by atoms with Crippen molar-refractivity contribution in [3.8, 4) is 0 Å². The zero-order chi connectivity index (χ0) is 7.98. The fraction of sp³-hybridized carbons (Fsp3) is 1.00. The fourth-order valence-electron chi connectivity index (χ4n) is 0.903. The van der Waals surface area contributed by atoms with Crippen molar-refractivity contribution < 1.29 is 4.74 Å². The summed E-state index contributed by atoms with van der Waals surface area (Å²) < 4.78 is 7.07. The van der Waals surface area contributed by atoms with Gasteiger partial charge < -0.3 is 4.74 Å². The van der Waals surface area contributed by atoms with Crippen molar-refractivity contribution in [2.45, 2.75) is 26.4 Å². The van der Waals surface area contributed by atoms with Crippen molar-refractivity contribution >= 4 is 12.8 Å². The van der Waals surface area contributed by atoms with E-state index < -0.39 is 0 Å². The van der Waals surface area contributed by atoms with E-state index >= 15 is 0 Å². The van der Waals surface area contributed by atoms with E-state index in [2.05, 4.69) is 12.8 Å². The molecule has 0 bridgehead atoms. The average Bonchev–Trinajstić information content (AvgIpc) is 2.40. The first kappa shape index (κ1) is 10.3. The van der Waals surface area contributed by atoms with Crippen LogP contribution in [0, 0.1) is 0 Å². The third-order valence-corrected chi connectivity index (χ3v) is 1.82. The van der Waals surface area contributed by atoms with Gasteiger partial charge in [-0.2, -0.15) is 0 Å². The summed E-state index contributed by atoms with van der Waals surface area (Å²) in [6, 6.07) is 0. The molecule has 0 spiro atoms. The molecule has 1 rings (SSSR count). The number of methoxy groups -OCH3 is 1. The van der Waals surface area contributed by atoms with E-state index in [0.29, 0.717) is 6.10 Å². The van der Waals surface area contributed by atoms with Crippen molar-refractivity contribution in [3.63, 3.8) is 0 Å². The van der Waals surface area contributed by atoms with Crippen LogP contribution >= 0.6 is 12.8 Å². The number of rotatable bonds is 1. The molecule has 0 radical (unpaired) electrons. The number of nitrogens with zero attached hydrogens (tertiary/aromatic N) is 1. The lowest BCUT2D eigenvalue weighted by atomic mass is 10.3. The molecule has 62 valence electrons. The molecule has 0 aromatic rings. The zero-order valence-corrected chi connectivity index (χ0v) is 7.90. The van der Waals surface area contributed by atoms with Crippen LogP contribution in [0.25, 0.3) is 0 Å². The Kier molecular flexibility index (Phi) is 6.17. The predicted octanol–water partition coefficient (Wildman–Crippen LogP) is 1.58. The molecule has 0 N–H and O–H groups in total. The Morgan fingerprint density at radius 1 is 1.50 bits per heavy atom. The lowest BCUT2D eigenvalue weighted by Gasteiger charge is -2.05. The maximum absolute atomic E-state index is 5.09. The first-order valence-electron chi connectivity index (χ1n) is 3.79. The molecule has 0 aromatic carbocycles. The van der Waals surface area contributed by atoms with E-state index in [1.54, 1.807) is 7.11 Å². The second-order valence-corrected chi connectivity index (χ2v) is 2.62. The second-order valence-electron chi connectivity index (χ2n) is 2.06. The summed E-state index contributed by atoms with van der Waals surface area (Å²) >= 11 is 4.16. The Balaban J connectivity index is 0.000000371. The van der Waals surface area contributed by atoms with Gasteiger partial charge in [-0.05, 0) is 6.42 Å². The average molecular weight is 163 g/mol. The van der Waals surface area contributed by atoms with Gasteiger partial charge in [-0.25, -0.2) is 0 Å². The monoisotopic (exact) mass is 163 g/mol. The van der Waals surface area contributed by atoms with E-state index in [-0.39, 0.29) is 0 Å². The molecule has 0 saturated carbocycles. The molecule has 0 aliphatic carbocycles. The highest BCUT2D eigenvalue weighted by atomic mass is 32.1. The molecule has 0 amide bonds. The zero-order valence-electron chi connectivity index (χ0n) is 7.00. The molecule has 1 aliphatic rings. The van der Waals surface area contributed by atoms with E-state index in [1.807, 2.05) is 18.2 Å². The molecular formula is C7H17NOS. The Hall–Kier alpha value is 0.270. The lowest BCUT2D eigenvalue weighted by molar-refractivity contribution is 0.116. The van der Waals surface area contributed by atoms with Gasteiger partial charge in [-0.3, -0.25) is 4.31 Å². The second kappa shape index (κ2) is 6.01. The van der Waals surface area contributed by atoms with Crippen LogP contribution in [0.5, 0.6) is 0 Å². The van der Waals surface area contributed by atoms with Gasteiger partial charge in [0, 0.05) is 20.2 Å². The van der Waals surface area contributed by atoms with Crippen LogP contribution < -0.4 is 0 Å². The quantitative estimate of drug-likeness (QED) is 0.589. The van der Waals surface area contributed by atoms with Gasteiger partial charge in [-0.15, -0.1) is 0 Å². The highest BCUT2D eigenvalue weighted by molar-refractivity contribution is 7.77. The Labute approximate surface area is 69.1 Å². The summed E-state index contributed by atoms with van der Waals surface area (Å²) in [5.74, 6) is 0. The third kappa shape index (κ3) is 3.44. The normalized spacial score (nSPS) is 25.8. The summed E-state index contributed by atoms with van der Waals surface area (Å²) in [5, 5.41) is 0. The molecular weight excluding hydrogens is 146 g/mol. The minimum Gasteiger partial charge on any atom is -0.380 e. The van der Waals surface area contributed by atoms with Crippen molar-refractivity contribution in [3.05, 3.63) is 0 Å². The highest BCUT2D eigenvalue weighted by Gasteiger charge is 2.18. The standard InChI is InChI=1S/C5H11NOS.C2H6/c1-7-5-2-3-6(8)4-5;1-2/h5,8H,2-4H2,1H3;1-2H3. The lowest BCUT2D eigenvalue weighted by Crippen LogP contribution is -2.13. The summed E-state index contributed by atoms with van der Waals surface area (Å²) in [7, 11) is 1.75. The minimum absolute atomic E-state index is 0.424. The Bertz CT molecular complexity index is 80.0. The number of hydrogen-bond donors (Lipinski definition) is 1. The molecule has 1 fully saturated rings. The van der Waals surface area contributed by atoms with Crippen molar-refractivity contribution in [2.75, 3.05) is 20.2 Å². The van der Waals surface area contributed by atoms with Gasteiger partial charge in [-0.1, -0.05) is 26.7 Å². The smallest absolute Gasteiger partial charge is 0.0720 e. The van der Waals surface area contributed by atoms with Crippen LogP contribution in [0.15, 0.2) is 0 Å². The minimum atomic E-state index is 0.424. The Morgan fingerprint density at radius 2 is 2.10 bits per heavy atom. The van der Waals surface area contributed by atoms with E-state index in [9.17, 15) is 0 Å². The van der Waals surface area contributed by atoms with Gasteiger partial charge in [0.25, 0.3) is 0 Å². The summed E-state index contributed by atoms with van der Waals surface area (Å²) in [4.78, 5) is 0. The van der Waals surface area contributed by atoms with Crippen molar-refractivity contribution in [2.24, 2.45) is 0 Å². The maximum atomic E-state index is 5.09. The summed E-state index contributed by atoms with van der Waals surface area (Å²) in [6.07, 6.45) is 1.55. The summed E-state index contributed by atoms with van der Waals surface area (Å²) in [5.41, 5.74) is 0. The largest absolute Gasteiger partial charge is 0.380 e. The van der Waals surface area contributed by atoms with Gasteiger partial charge >= 0.3 is 0 Å². The van der Waals surface area contributed by atoms with Gasteiger partial charge in [0.1, 0.15) is 0 Å². The molecule has 1 atom stereocenters. The number of thiol groups is 1. The predicted molar refractivity (Wildman–Crippen MR) is 47.3 cm³/mol. The fourth-order valence-corrected chi connectivity index (χ4v) is 1.20. The van der Waals surface area contributed by atoms with E-state index in [0.717, 1.165) is 19.5 Å². The molecule has 3 heteroatoms. The molecule has 1 heterocycles. The van der Waals surface area contributed by atoms with Gasteiger partial charge in [0.2, 0.25) is 0 Å². The van der Waals surface area contributed by atoms with Crippen LogP contribution in [-0.2, 0) is 4.74 Å². The van der Waals surface area contributed by atoms with E-state index in [4.69, 9.17) is 4.74 Å². The summed E-state index contributed by atoms with van der Waals surface area (Å²) in [6.45, 7) is 6.03. The highest BCUT2D eigenvalue weighted by Crippen LogP contribution is 2.12. The van der Waals surface area contributed by atoms with E-state index in [1.165, 1.54) is 0 Å². The molecule has 1 saturated heterocycles. The van der Waals surface area contributed by atoms with Crippen molar-refractivity contribution in [1.82, 2.24) is 4.31 Å². The van der Waals surface area contributed by atoms with Gasteiger partial charge in [0.15, 0.2) is 0 Å². The first-order valence-corrected chi connectivity index (χ1v) is 4.19. The maximum Gasteiger partial charge on any atom is 0.0720 e. The van der Waals surface area contributed by atoms with Crippen molar-refractivity contribution in [1.29, 1.82) is 0 Å². The third-order valence-electron chi connectivity index (χ3n) is 1.46. The number of hydrogen-bond acceptors (Lipinski definition) is 3. The SMILES string of the molecule is CC.COC1CCN(S)C1. The van der Waals surface area contributed by atoms with Crippen LogP contribution in [-0.4, -0.2) is 30.6 Å².